The number of aromatic nitrogens is 3. The van der Waals surface area contributed by atoms with Gasteiger partial charge in [-0.15, -0.1) is 17.5 Å². The normalized spacial score (nSPS) is 14.8. The molecule has 1 fully saturated rings. The number of halogens is 1. The van der Waals surface area contributed by atoms with Crippen LogP contribution in [0.1, 0.15) is 29.4 Å². The topological polar surface area (TPSA) is 81.1 Å². The first-order chi connectivity index (χ1) is 10.8. The standard InChI is InChI=1S/C15H19N5O2.ClH/c1-22-13-4-2-11(3-5-13)17-15(21)14-10-20(19-18-14)12-6-8-16-9-7-12;/h2-5,10,12,16H,6-9H2,1H3,(H,17,21);1H. The van der Waals surface area contributed by atoms with E-state index in [1.165, 1.54) is 0 Å². The average molecular weight is 338 g/mol. The molecule has 1 aliphatic rings. The molecule has 1 aromatic carbocycles. The maximum Gasteiger partial charge on any atom is 0.277 e. The zero-order valence-corrected chi connectivity index (χ0v) is 13.7. The van der Waals surface area contributed by atoms with Crippen LogP contribution in [-0.2, 0) is 0 Å². The number of carbonyl (C=O) groups excluding carboxylic acids is 1. The summed E-state index contributed by atoms with van der Waals surface area (Å²) in [7, 11) is 1.60. The number of nitrogens with one attached hydrogen (secondary N) is 2. The summed E-state index contributed by atoms with van der Waals surface area (Å²) in [6.45, 7) is 1.94. The Morgan fingerprint density at radius 2 is 2.00 bits per heavy atom. The lowest BCUT2D eigenvalue weighted by Crippen LogP contribution is -2.29. The molecule has 124 valence electrons. The van der Waals surface area contributed by atoms with Crippen molar-refractivity contribution in [3.8, 4) is 5.75 Å². The molecule has 1 aromatic heterocycles. The number of hydrogen-bond acceptors (Lipinski definition) is 5. The molecule has 7 nitrogen and oxygen atoms in total. The number of amides is 1. The minimum atomic E-state index is -0.259. The van der Waals surface area contributed by atoms with E-state index in [2.05, 4.69) is 20.9 Å². The first-order valence-corrected chi connectivity index (χ1v) is 7.34. The highest BCUT2D eigenvalue weighted by Crippen LogP contribution is 2.18. The fourth-order valence-corrected chi connectivity index (χ4v) is 2.50. The summed E-state index contributed by atoms with van der Waals surface area (Å²) < 4.78 is 6.88. The maximum atomic E-state index is 12.2. The molecule has 0 radical (unpaired) electrons. The van der Waals surface area contributed by atoms with Gasteiger partial charge in [-0.3, -0.25) is 4.79 Å². The fraction of sp³-hybridized carbons (Fsp3) is 0.400. The highest BCUT2D eigenvalue weighted by atomic mass is 35.5. The van der Waals surface area contributed by atoms with Crippen LogP contribution >= 0.6 is 12.4 Å². The van der Waals surface area contributed by atoms with Crippen molar-refractivity contribution in [3.63, 3.8) is 0 Å². The third-order valence-corrected chi connectivity index (χ3v) is 3.77. The minimum Gasteiger partial charge on any atom is -0.497 e. The summed E-state index contributed by atoms with van der Waals surface area (Å²) in [5, 5.41) is 14.2. The minimum absolute atomic E-state index is 0. The summed E-state index contributed by atoms with van der Waals surface area (Å²) >= 11 is 0. The molecule has 2 aromatic rings. The van der Waals surface area contributed by atoms with Gasteiger partial charge in [-0.25, -0.2) is 4.68 Å². The summed E-state index contributed by atoms with van der Waals surface area (Å²) in [6.07, 6.45) is 3.72. The van der Waals surface area contributed by atoms with Crippen LogP contribution in [-0.4, -0.2) is 41.1 Å². The van der Waals surface area contributed by atoms with Crippen LogP contribution < -0.4 is 15.4 Å². The van der Waals surface area contributed by atoms with E-state index in [1.807, 2.05) is 0 Å². The average Bonchev–Trinajstić information content (AvgIpc) is 3.06. The Morgan fingerprint density at radius 1 is 1.30 bits per heavy atom. The number of piperidine rings is 1. The van der Waals surface area contributed by atoms with Crippen LogP contribution in [0.4, 0.5) is 5.69 Å². The van der Waals surface area contributed by atoms with Crippen LogP contribution in [0.2, 0.25) is 0 Å². The van der Waals surface area contributed by atoms with Crippen molar-refractivity contribution < 1.29 is 9.53 Å². The zero-order valence-electron chi connectivity index (χ0n) is 12.9. The molecule has 23 heavy (non-hydrogen) atoms. The highest BCUT2D eigenvalue weighted by molar-refractivity contribution is 6.02. The predicted molar refractivity (Wildman–Crippen MR) is 89.4 cm³/mol. The maximum absolute atomic E-state index is 12.2. The Morgan fingerprint density at radius 3 is 2.65 bits per heavy atom. The van der Waals surface area contributed by atoms with Gasteiger partial charge in [0.1, 0.15) is 5.75 Å². The lowest BCUT2D eigenvalue weighted by molar-refractivity contribution is 0.102. The first kappa shape index (κ1) is 17.2. The Bertz CT molecular complexity index is 638. The Balaban J connectivity index is 0.00000192. The largest absolute Gasteiger partial charge is 0.497 e. The van der Waals surface area contributed by atoms with E-state index in [-0.39, 0.29) is 18.3 Å². The lowest BCUT2D eigenvalue weighted by atomic mass is 10.1. The third-order valence-electron chi connectivity index (χ3n) is 3.77. The summed E-state index contributed by atoms with van der Waals surface area (Å²) in [5.74, 6) is 0.486. The van der Waals surface area contributed by atoms with Gasteiger partial charge in [0, 0.05) is 5.69 Å². The molecular weight excluding hydrogens is 318 g/mol. The van der Waals surface area contributed by atoms with Crippen LogP contribution in [0.25, 0.3) is 0 Å². The molecule has 0 bridgehead atoms. The molecule has 1 amide bonds. The Hall–Kier alpha value is -2.12. The highest BCUT2D eigenvalue weighted by Gasteiger charge is 2.18. The summed E-state index contributed by atoms with van der Waals surface area (Å²) in [4.78, 5) is 12.2. The van der Waals surface area contributed by atoms with Crippen molar-refractivity contribution in [2.45, 2.75) is 18.9 Å². The van der Waals surface area contributed by atoms with Crippen LogP contribution in [0.15, 0.2) is 30.5 Å². The molecule has 0 saturated carbocycles. The van der Waals surface area contributed by atoms with Gasteiger partial charge >= 0.3 is 0 Å². The molecule has 2 heterocycles. The van der Waals surface area contributed by atoms with Crippen molar-refractivity contribution >= 4 is 24.0 Å². The fourth-order valence-electron chi connectivity index (χ4n) is 2.50. The molecule has 1 aliphatic heterocycles. The van der Waals surface area contributed by atoms with E-state index >= 15 is 0 Å². The van der Waals surface area contributed by atoms with Crippen molar-refractivity contribution in [1.29, 1.82) is 0 Å². The SMILES string of the molecule is COc1ccc(NC(=O)c2cn(C3CCNCC3)nn2)cc1.Cl. The van der Waals surface area contributed by atoms with Crippen LogP contribution in [0.5, 0.6) is 5.75 Å². The van der Waals surface area contributed by atoms with Crippen molar-refractivity contribution in [2.24, 2.45) is 0 Å². The van der Waals surface area contributed by atoms with Crippen LogP contribution in [0, 0.1) is 0 Å². The van der Waals surface area contributed by atoms with Gasteiger partial charge in [0.05, 0.1) is 19.3 Å². The van der Waals surface area contributed by atoms with Crippen molar-refractivity contribution in [2.75, 3.05) is 25.5 Å². The van der Waals surface area contributed by atoms with Gasteiger partial charge in [0.15, 0.2) is 5.69 Å². The van der Waals surface area contributed by atoms with E-state index in [9.17, 15) is 4.79 Å². The van der Waals surface area contributed by atoms with E-state index in [0.717, 1.165) is 31.7 Å². The number of methoxy groups -OCH3 is 1. The number of nitrogens with zero attached hydrogens (tertiary/aromatic N) is 3. The summed E-state index contributed by atoms with van der Waals surface area (Å²) in [5.41, 5.74) is 1.02. The number of benzene rings is 1. The second-order valence-electron chi connectivity index (χ2n) is 5.25. The number of carbonyl (C=O) groups is 1. The van der Waals surface area contributed by atoms with E-state index in [0.29, 0.717) is 17.4 Å². The van der Waals surface area contributed by atoms with Crippen molar-refractivity contribution in [3.05, 3.63) is 36.2 Å². The lowest BCUT2D eigenvalue weighted by Gasteiger charge is -2.22. The zero-order chi connectivity index (χ0) is 15.4. The molecule has 0 aliphatic carbocycles. The molecule has 8 heteroatoms. The molecular formula is C15H20ClN5O2. The molecule has 0 unspecified atom stereocenters. The van der Waals surface area contributed by atoms with Gasteiger partial charge in [-0.05, 0) is 50.2 Å². The number of ether oxygens (including phenoxy) is 1. The monoisotopic (exact) mass is 337 g/mol. The predicted octanol–water partition coefficient (Wildman–Crippen LogP) is 1.89. The van der Waals surface area contributed by atoms with Gasteiger partial charge < -0.3 is 15.4 Å². The second-order valence-corrected chi connectivity index (χ2v) is 5.25. The van der Waals surface area contributed by atoms with E-state index in [4.69, 9.17) is 4.74 Å². The van der Waals surface area contributed by atoms with Gasteiger partial charge in [-0.2, -0.15) is 0 Å². The first-order valence-electron chi connectivity index (χ1n) is 7.34. The second kappa shape index (κ2) is 7.94. The van der Waals surface area contributed by atoms with Gasteiger partial charge in [0.25, 0.3) is 5.91 Å². The van der Waals surface area contributed by atoms with E-state index < -0.39 is 0 Å². The number of rotatable bonds is 4. The Labute approximate surface area is 140 Å². The Kier molecular flexibility index (Phi) is 5.95. The van der Waals surface area contributed by atoms with Gasteiger partial charge in [0.2, 0.25) is 0 Å². The molecule has 3 rings (SSSR count). The molecule has 2 N–H and O–H groups in total. The summed E-state index contributed by atoms with van der Waals surface area (Å²) in [6, 6.07) is 7.47. The van der Waals surface area contributed by atoms with Crippen molar-refractivity contribution in [1.82, 2.24) is 20.3 Å². The van der Waals surface area contributed by atoms with Crippen LogP contribution in [0.3, 0.4) is 0 Å². The molecule has 1 saturated heterocycles. The number of anilines is 1. The number of hydrogen-bond donors (Lipinski definition) is 2. The van der Waals surface area contributed by atoms with E-state index in [1.54, 1.807) is 42.3 Å². The van der Waals surface area contributed by atoms with Gasteiger partial charge in [-0.1, -0.05) is 5.21 Å². The molecule has 0 spiro atoms. The smallest absolute Gasteiger partial charge is 0.277 e. The third kappa shape index (κ3) is 4.20. The quantitative estimate of drug-likeness (QED) is 0.890. The molecule has 0 atom stereocenters.